The average Bonchev–Trinajstić information content (AvgIpc) is 3.29. The van der Waals surface area contributed by atoms with E-state index >= 15 is 0 Å². The smallest absolute Gasteiger partial charge is 0.407 e. The standard InChI is InChI=1S/C17H21N7O2/c25-16(26)24-8-17(9-24)6-11(7-17)19-15-18-4-3-13(21-15)20-14-5-12(22-23-14)10-1-2-10/h3-5,10-11H,1-2,6-9H2,(H,25,26)(H3,18,19,20,21,22,23). The fourth-order valence-electron chi connectivity index (χ4n) is 4.06. The zero-order chi connectivity index (χ0) is 17.7. The third kappa shape index (κ3) is 2.83. The van der Waals surface area contributed by atoms with Gasteiger partial charge in [0.25, 0.3) is 0 Å². The number of carboxylic acid groups (broad SMARTS) is 1. The SMILES string of the molecule is O=C(O)N1CC2(CC(Nc3nccc(Nc4cc(C5CC5)[nH]n4)n3)C2)C1. The fraction of sp³-hybridized carbons (Fsp3) is 0.529. The highest BCUT2D eigenvalue weighted by Crippen LogP contribution is 2.49. The Balaban J connectivity index is 1.16. The van der Waals surface area contributed by atoms with Gasteiger partial charge in [-0.2, -0.15) is 10.1 Å². The van der Waals surface area contributed by atoms with Gasteiger partial charge in [0.2, 0.25) is 5.95 Å². The quantitative estimate of drug-likeness (QED) is 0.650. The second-order valence-electron chi connectivity index (χ2n) is 7.76. The maximum atomic E-state index is 10.9. The Kier molecular flexibility index (Phi) is 3.31. The summed E-state index contributed by atoms with van der Waals surface area (Å²) in [6.07, 6.45) is 5.28. The lowest BCUT2D eigenvalue weighted by Gasteiger charge is -2.58. The van der Waals surface area contributed by atoms with E-state index in [0.717, 1.165) is 18.7 Å². The van der Waals surface area contributed by atoms with Crippen LogP contribution >= 0.6 is 0 Å². The number of carbonyl (C=O) groups is 1. The van der Waals surface area contributed by atoms with E-state index in [0.29, 0.717) is 36.8 Å². The summed E-state index contributed by atoms with van der Waals surface area (Å²) in [5.41, 5.74) is 1.34. The average molecular weight is 355 g/mol. The summed E-state index contributed by atoms with van der Waals surface area (Å²) in [6, 6.07) is 4.15. The number of nitrogens with zero attached hydrogens (tertiary/aromatic N) is 4. The zero-order valence-electron chi connectivity index (χ0n) is 14.3. The van der Waals surface area contributed by atoms with Crippen molar-refractivity contribution in [3.05, 3.63) is 24.0 Å². The molecule has 0 atom stereocenters. The first kappa shape index (κ1) is 15.4. The van der Waals surface area contributed by atoms with Crippen LogP contribution in [-0.4, -0.2) is 55.4 Å². The molecular weight excluding hydrogens is 334 g/mol. The summed E-state index contributed by atoms with van der Waals surface area (Å²) in [7, 11) is 0. The minimum atomic E-state index is -0.822. The molecule has 5 rings (SSSR count). The van der Waals surface area contributed by atoms with E-state index in [2.05, 4.69) is 30.8 Å². The van der Waals surface area contributed by atoms with Gasteiger partial charge in [0.05, 0.1) is 0 Å². The second-order valence-corrected chi connectivity index (χ2v) is 7.76. The third-order valence-electron chi connectivity index (χ3n) is 5.54. The van der Waals surface area contributed by atoms with Crippen LogP contribution in [0.15, 0.2) is 18.3 Å². The predicted molar refractivity (Wildman–Crippen MR) is 94.6 cm³/mol. The summed E-state index contributed by atoms with van der Waals surface area (Å²) in [5, 5.41) is 22.9. The Bertz CT molecular complexity index is 833. The van der Waals surface area contributed by atoms with E-state index < -0.39 is 6.09 Å². The van der Waals surface area contributed by atoms with E-state index in [1.807, 2.05) is 12.1 Å². The van der Waals surface area contributed by atoms with Crippen molar-refractivity contribution in [3.8, 4) is 0 Å². The van der Waals surface area contributed by atoms with E-state index in [-0.39, 0.29) is 5.41 Å². The van der Waals surface area contributed by atoms with Crippen LogP contribution in [0.4, 0.5) is 22.4 Å². The minimum absolute atomic E-state index is 0.167. The molecule has 2 aromatic rings. The second kappa shape index (κ2) is 5.58. The monoisotopic (exact) mass is 355 g/mol. The summed E-state index contributed by atoms with van der Waals surface area (Å²) < 4.78 is 0. The molecule has 1 amide bonds. The normalized spacial score (nSPS) is 21.2. The summed E-state index contributed by atoms with van der Waals surface area (Å²) in [4.78, 5) is 21.1. The van der Waals surface area contributed by atoms with E-state index in [4.69, 9.17) is 5.11 Å². The Morgan fingerprint density at radius 1 is 1.31 bits per heavy atom. The highest BCUT2D eigenvalue weighted by molar-refractivity contribution is 5.66. The Morgan fingerprint density at radius 3 is 2.85 bits per heavy atom. The molecule has 9 heteroatoms. The lowest BCUT2D eigenvalue weighted by molar-refractivity contribution is -0.0520. The number of amides is 1. The third-order valence-corrected chi connectivity index (χ3v) is 5.54. The van der Waals surface area contributed by atoms with Crippen LogP contribution in [-0.2, 0) is 0 Å². The molecule has 9 nitrogen and oxygen atoms in total. The molecule has 2 aliphatic carbocycles. The molecule has 136 valence electrons. The number of hydrogen-bond donors (Lipinski definition) is 4. The first-order valence-electron chi connectivity index (χ1n) is 8.98. The van der Waals surface area contributed by atoms with Gasteiger partial charge in [0.15, 0.2) is 5.82 Å². The number of anilines is 3. The van der Waals surface area contributed by atoms with Crippen LogP contribution in [0.25, 0.3) is 0 Å². The molecule has 4 N–H and O–H groups in total. The molecule has 3 heterocycles. The minimum Gasteiger partial charge on any atom is -0.465 e. The first-order valence-corrected chi connectivity index (χ1v) is 8.98. The van der Waals surface area contributed by atoms with Gasteiger partial charge >= 0.3 is 6.09 Å². The van der Waals surface area contributed by atoms with Crippen molar-refractivity contribution in [2.45, 2.75) is 37.6 Å². The number of aromatic amines is 1. The number of H-pyrrole nitrogens is 1. The molecule has 1 aliphatic heterocycles. The summed E-state index contributed by atoms with van der Waals surface area (Å²) >= 11 is 0. The van der Waals surface area contributed by atoms with Crippen molar-refractivity contribution in [1.82, 2.24) is 25.1 Å². The van der Waals surface area contributed by atoms with Gasteiger partial charge in [-0.05, 0) is 31.7 Å². The molecule has 1 saturated heterocycles. The van der Waals surface area contributed by atoms with Crippen molar-refractivity contribution >= 4 is 23.7 Å². The lowest BCUT2D eigenvalue weighted by Crippen LogP contribution is -2.66. The Labute approximate surface area is 150 Å². The molecule has 26 heavy (non-hydrogen) atoms. The number of aromatic nitrogens is 4. The zero-order valence-corrected chi connectivity index (χ0v) is 14.3. The predicted octanol–water partition coefficient (Wildman–Crippen LogP) is 2.38. The van der Waals surface area contributed by atoms with Crippen LogP contribution in [0.5, 0.6) is 0 Å². The molecular formula is C17H21N7O2. The Morgan fingerprint density at radius 2 is 2.12 bits per heavy atom. The molecule has 1 spiro atoms. The topological polar surface area (TPSA) is 119 Å². The molecule has 0 radical (unpaired) electrons. The van der Waals surface area contributed by atoms with Gasteiger partial charge in [-0.1, -0.05) is 0 Å². The van der Waals surface area contributed by atoms with E-state index in [1.54, 1.807) is 6.20 Å². The van der Waals surface area contributed by atoms with Crippen LogP contribution in [0.2, 0.25) is 0 Å². The van der Waals surface area contributed by atoms with Gasteiger partial charge in [-0.25, -0.2) is 9.78 Å². The fourth-order valence-corrected chi connectivity index (χ4v) is 4.06. The van der Waals surface area contributed by atoms with Crippen LogP contribution in [0, 0.1) is 5.41 Å². The van der Waals surface area contributed by atoms with Crippen LogP contribution in [0.3, 0.4) is 0 Å². The molecule has 0 bridgehead atoms. The maximum Gasteiger partial charge on any atom is 0.407 e. The number of rotatable bonds is 5. The number of likely N-dealkylation sites (tertiary alicyclic amines) is 1. The summed E-state index contributed by atoms with van der Waals surface area (Å²) in [6.45, 7) is 1.29. The van der Waals surface area contributed by atoms with Crippen molar-refractivity contribution in [3.63, 3.8) is 0 Å². The molecule has 0 unspecified atom stereocenters. The van der Waals surface area contributed by atoms with Crippen molar-refractivity contribution in [2.75, 3.05) is 23.7 Å². The van der Waals surface area contributed by atoms with E-state index in [1.165, 1.54) is 23.4 Å². The van der Waals surface area contributed by atoms with Gasteiger partial charge in [0, 0.05) is 48.4 Å². The highest BCUT2D eigenvalue weighted by Gasteiger charge is 2.54. The molecule has 3 fully saturated rings. The molecule has 3 aliphatic rings. The number of nitrogens with one attached hydrogen (secondary N) is 3. The van der Waals surface area contributed by atoms with Gasteiger partial charge in [0.1, 0.15) is 5.82 Å². The van der Waals surface area contributed by atoms with Gasteiger partial charge in [-0.15, -0.1) is 0 Å². The van der Waals surface area contributed by atoms with Crippen molar-refractivity contribution in [2.24, 2.45) is 5.41 Å². The Hall–Kier alpha value is -2.84. The molecule has 2 aromatic heterocycles. The largest absolute Gasteiger partial charge is 0.465 e. The molecule has 2 saturated carbocycles. The van der Waals surface area contributed by atoms with Crippen LogP contribution < -0.4 is 10.6 Å². The maximum absolute atomic E-state index is 10.9. The van der Waals surface area contributed by atoms with Crippen LogP contribution in [0.1, 0.15) is 37.3 Å². The summed E-state index contributed by atoms with van der Waals surface area (Å²) in [5.74, 6) is 2.69. The highest BCUT2D eigenvalue weighted by atomic mass is 16.4. The first-order chi connectivity index (χ1) is 12.6. The number of hydrogen-bond acceptors (Lipinski definition) is 6. The van der Waals surface area contributed by atoms with Gasteiger partial charge < -0.3 is 20.6 Å². The van der Waals surface area contributed by atoms with Gasteiger partial charge in [-0.3, -0.25) is 5.10 Å². The van der Waals surface area contributed by atoms with E-state index in [9.17, 15) is 4.79 Å². The van der Waals surface area contributed by atoms with Crippen molar-refractivity contribution < 1.29 is 9.90 Å². The lowest BCUT2D eigenvalue weighted by atomic mass is 9.61. The molecule has 0 aromatic carbocycles. The van der Waals surface area contributed by atoms with Crippen molar-refractivity contribution in [1.29, 1.82) is 0 Å².